The Hall–Kier alpha value is -0.970. The van der Waals surface area contributed by atoms with Crippen molar-refractivity contribution in [2.24, 2.45) is 5.73 Å². The Morgan fingerprint density at radius 2 is 1.94 bits per heavy atom. The fraction of sp³-hybridized carbons (Fsp3) is 0.214. The van der Waals surface area contributed by atoms with Crippen molar-refractivity contribution in [1.82, 2.24) is 4.98 Å². The van der Waals surface area contributed by atoms with Gasteiger partial charge in [-0.25, -0.2) is 4.98 Å². The molecule has 0 aliphatic heterocycles. The Morgan fingerprint density at radius 3 is 2.61 bits per heavy atom. The number of hydrogen-bond acceptors (Lipinski definition) is 4. The lowest BCUT2D eigenvalue weighted by Gasteiger charge is -2.11. The number of aromatic nitrogens is 1. The molecule has 0 aliphatic carbocycles. The Bertz CT molecular complexity index is 500. The highest BCUT2D eigenvalue weighted by molar-refractivity contribution is 8.00. The van der Waals surface area contributed by atoms with Crippen LogP contribution in [0.5, 0.6) is 0 Å². The van der Waals surface area contributed by atoms with Crippen molar-refractivity contribution in [3.8, 4) is 0 Å². The number of thioether (sulfide) groups is 1. The van der Waals surface area contributed by atoms with Crippen LogP contribution in [0.15, 0.2) is 57.4 Å². The highest BCUT2D eigenvalue weighted by atomic mass is 32.2. The fourth-order valence-corrected chi connectivity index (χ4v) is 3.52. The molecule has 2 aromatic rings. The zero-order chi connectivity index (χ0) is 12.8. The van der Waals surface area contributed by atoms with Gasteiger partial charge >= 0.3 is 0 Å². The van der Waals surface area contributed by atoms with E-state index in [4.69, 9.17) is 5.73 Å². The molecule has 1 aromatic carbocycles. The highest BCUT2D eigenvalue weighted by Crippen LogP contribution is 2.34. The van der Waals surface area contributed by atoms with Gasteiger partial charge in [0.15, 0.2) is 0 Å². The topological polar surface area (TPSA) is 38.9 Å². The fourth-order valence-electron chi connectivity index (χ4n) is 1.65. The predicted octanol–water partition coefficient (Wildman–Crippen LogP) is 3.80. The molecule has 0 amide bonds. The number of benzene rings is 1. The summed E-state index contributed by atoms with van der Waals surface area (Å²) in [5.74, 6) is 1.06. The standard InChI is InChI=1S/C14H16N2S2/c1-2-17-12-6-5-7-13(11(12)10-15)18-14-8-3-4-9-16-14/h3-9H,2,10,15H2,1H3. The van der Waals surface area contributed by atoms with Crippen LogP contribution in [0.4, 0.5) is 0 Å². The molecule has 18 heavy (non-hydrogen) atoms. The largest absolute Gasteiger partial charge is 0.326 e. The van der Waals surface area contributed by atoms with Crippen LogP contribution in [-0.2, 0) is 6.54 Å². The van der Waals surface area contributed by atoms with Gasteiger partial charge in [-0.3, -0.25) is 0 Å². The van der Waals surface area contributed by atoms with Gasteiger partial charge in [0.1, 0.15) is 5.03 Å². The van der Waals surface area contributed by atoms with Crippen molar-refractivity contribution in [3.63, 3.8) is 0 Å². The van der Waals surface area contributed by atoms with Crippen LogP contribution in [0.25, 0.3) is 0 Å². The molecule has 0 saturated carbocycles. The van der Waals surface area contributed by atoms with Gasteiger partial charge in [0.2, 0.25) is 0 Å². The Kier molecular flexibility index (Phi) is 5.11. The third-order valence-electron chi connectivity index (χ3n) is 2.45. The minimum atomic E-state index is 0.568. The zero-order valence-electron chi connectivity index (χ0n) is 10.3. The highest BCUT2D eigenvalue weighted by Gasteiger charge is 2.08. The maximum Gasteiger partial charge on any atom is 0.101 e. The normalized spacial score (nSPS) is 10.6. The molecule has 1 heterocycles. The minimum absolute atomic E-state index is 0.568. The van der Waals surface area contributed by atoms with Crippen LogP contribution in [0, 0.1) is 0 Å². The van der Waals surface area contributed by atoms with E-state index in [1.165, 1.54) is 15.4 Å². The molecule has 4 heteroatoms. The summed E-state index contributed by atoms with van der Waals surface area (Å²) in [6.45, 7) is 2.72. The first-order valence-corrected chi connectivity index (χ1v) is 7.69. The van der Waals surface area contributed by atoms with Crippen molar-refractivity contribution in [3.05, 3.63) is 48.2 Å². The molecule has 0 atom stereocenters. The van der Waals surface area contributed by atoms with Crippen molar-refractivity contribution in [1.29, 1.82) is 0 Å². The number of nitrogens with two attached hydrogens (primary N) is 1. The molecule has 0 unspecified atom stereocenters. The molecular weight excluding hydrogens is 260 g/mol. The second-order valence-corrected chi connectivity index (χ2v) is 6.01. The van der Waals surface area contributed by atoms with Crippen LogP contribution in [0.2, 0.25) is 0 Å². The quantitative estimate of drug-likeness (QED) is 0.843. The van der Waals surface area contributed by atoms with E-state index < -0.39 is 0 Å². The van der Waals surface area contributed by atoms with Gasteiger partial charge < -0.3 is 5.73 Å². The van der Waals surface area contributed by atoms with E-state index in [2.05, 4.69) is 30.1 Å². The number of hydrogen-bond donors (Lipinski definition) is 1. The summed E-state index contributed by atoms with van der Waals surface area (Å²) in [7, 11) is 0. The van der Waals surface area contributed by atoms with Crippen molar-refractivity contribution < 1.29 is 0 Å². The van der Waals surface area contributed by atoms with Gasteiger partial charge in [-0.15, -0.1) is 11.8 Å². The van der Waals surface area contributed by atoms with E-state index in [0.29, 0.717) is 6.54 Å². The average Bonchev–Trinajstić information content (AvgIpc) is 2.41. The molecule has 0 spiro atoms. The van der Waals surface area contributed by atoms with E-state index in [0.717, 1.165) is 10.8 Å². The molecule has 0 saturated heterocycles. The number of pyridine rings is 1. The smallest absolute Gasteiger partial charge is 0.101 e. The molecule has 1 aromatic heterocycles. The van der Waals surface area contributed by atoms with Crippen molar-refractivity contribution in [2.45, 2.75) is 28.3 Å². The predicted molar refractivity (Wildman–Crippen MR) is 79.1 cm³/mol. The lowest BCUT2D eigenvalue weighted by molar-refractivity contribution is 0.977. The third-order valence-corrected chi connectivity index (χ3v) is 4.48. The minimum Gasteiger partial charge on any atom is -0.326 e. The van der Waals surface area contributed by atoms with E-state index in [-0.39, 0.29) is 0 Å². The monoisotopic (exact) mass is 276 g/mol. The van der Waals surface area contributed by atoms with Gasteiger partial charge in [0.25, 0.3) is 0 Å². The Balaban J connectivity index is 2.30. The van der Waals surface area contributed by atoms with Crippen molar-refractivity contribution >= 4 is 23.5 Å². The number of nitrogens with zero attached hydrogens (tertiary/aromatic N) is 1. The summed E-state index contributed by atoms with van der Waals surface area (Å²) < 4.78 is 0. The molecule has 94 valence electrons. The molecule has 0 radical (unpaired) electrons. The molecule has 0 bridgehead atoms. The van der Waals surface area contributed by atoms with Crippen LogP contribution >= 0.6 is 23.5 Å². The maximum atomic E-state index is 5.89. The summed E-state index contributed by atoms with van der Waals surface area (Å²) >= 11 is 3.51. The molecule has 2 nitrogen and oxygen atoms in total. The first-order chi connectivity index (χ1) is 8.85. The molecular formula is C14H16N2S2. The van der Waals surface area contributed by atoms with Gasteiger partial charge in [-0.05, 0) is 35.6 Å². The summed E-state index contributed by atoms with van der Waals surface area (Å²) in [4.78, 5) is 6.82. The zero-order valence-corrected chi connectivity index (χ0v) is 11.9. The van der Waals surface area contributed by atoms with Crippen LogP contribution in [0.1, 0.15) is 12.5 Å². The van der Waals surface area contributed by atoms with E-state index >= 15 is 0 Å². The summed E-state index contributed by atoms with van der Waals surface area (Å²) in [6, 6.07) is 12.3. The van der Waals surface area contributed by atoms with E-state index in [1.807, 2.05) is 36.2 Å². The van der Waals surface area contributed by atoms with Crippen LogP contribution < -0.4 is 5.73 Å². The summed E-state index contributed by atoms with van der Waals surface area (Å²) in [5, 5.41) is 1.01. The lowest BCUT2D eigenvalue weighted by Crippen LogP contribution is -2.00. The lowest BCUT2D eigenvalue weighted by atomic mass is 10.2. The second kappa shape index (κ2) is 6.83. The maximum absolute atomic E-state index is 5.89. The Morgan fingerprint density at radius 1 is 1.11 bits per heavy atom. The van der Waals surface area contributed by atoms with Gasteiger partial charge in [0, 0.05) is 22.5 Å². The molecule has 2 rings (SSSR count). The second-order valence-electron chi connectivity index (χ2n) is 3.64. The van der Waals surface area contributed by atoms with E-state index in [1.54, 1.807) is 11.8 Å². The van der Waals surface area contributed by atoms with Gasteiger partial charge in [-0.2, -0.15) is 0 Å². The molecule has 0 aliphatic rings. The third kappa shape index (κ3) is 3.28. The average molecular weight is 276 g/mol. The molecule has 2 N–H and O–H groups in total. The van der Waals surface area contributed by atoms with Gasteiger partial charge in [-0.1, -0.05) is 30.8 Å². The van der Waals surface area contributed by atoms with Crippen LogP contribution in [0.3, 0.4) is 0 Å². The first kappa shape index (κ1) is 13.5. The summed E-state index contributed by atoms with van der Waals surface area (Å²) in [5.41, 5.74) is 7.11. The van der Waals surface area contributed by atoms with Crippen molar-refractivity contribution in [2.75, 3.05) is 5.75 Å². The molecule has 0 fully saturated rings. The number of rotatable bonds is 5. The first-order valence-electron chi connectivity index (χ1n) is 5.88. The van der Waals surface area contributed by atoms with Gasteiger partial charge in [0.05, 0.1) is 0 Å². The Labute approximate surface area is 116 Å². The summed E-state index contributed by atoms with van der Waals surface area (Å²) in [6.07, 6.45) is 1.81. The van der Waals surface area contributed by atoms with E-state index in [9.17, 15) is 0 Å². The van der Waals surface area contributed by atoms with Crippen LogP contribution in [-0.4, -0.2) is 10.7 Å². The SMILES string of the molecule is CCSc1cccc(Sc2ccccn2)c1CN.